The summed E-state index contributed by atoms with van der Waals surface area (Å²) in [5.74, 6) is 0.667. The molecule has 0 unspecified atom stereocenters. The van der Waals surface area contributed by atoms with Gasteiger partial charge in [-0.15, -0.1) is 23.1 Å². The largest absolute Gasteiger partial charge is 0.351 e. The molecule has 0 aliphatic carbocycles. The van der Waals surface area contributed by atoms with Gasteiger partial charge in [-0.05, 0) is 17.7 Å². The summed E-state index contributed by atoms with van der Waals surface area (Å²) in [4.78, 5) is 28.9. The van der Waals surface area contributed by atoms with Gasteiger partial charge in [0.2, 0.25) is 5.91 Å². The summed E-state index contributed by atoms with van der Waals surface area (Å²) in [6.07, 6.45) is 1.70. The van der Waals surface area contributed by atoms with E-state index in [1.807, 2.05) is 5.38 Å². The summed E-state index contributed by atoms with van der Waals surface area (Å²) < 4.78 is 1.50. The number of benzene rings is 1. The van der Waals surface area contributed by atoms with E-state index in [-0.39, 0.29) is 17.2 Å². The first kappa shape index (κ1) is 18.3. The van der Waals surface area contributed by atoms with Crippen molar-refractivity contribution in [3.63, 3.8) is 0 Å². The topological polar surface area (TPSA) is 63.5 Å². The molecule has 0 bridgehead atoms. The molecule has 130 valence electrons. The van der Waals surface area contributed by atoms with Crippen molar-refractivity contribution in [3.05, 3.63) is 67.5 Å². The van der Waals surface area contributed by atoms with E-state index in [4.69, 9.17) is 23.2 Å². The van der Waals surface area contributed by atoms with Crippen molar-refractivity contribution in [3.8, 4) is 0 Å². The second-order valence-corrected chi connectivity index (χ2v) is 7.85. The molecule has 25 heavy (non-hydrogen) atoms. The smallest absolute Gasteiger partial charge is 0.258 e. The number of nitrogens with one attached hydrogen (secondary N) is 1. The Hall–Kier alpha value is -1.54. The number of amides is 1. The highest BCUT2D eigenvalue weighted by Gasteiger charge is 2.07. The summed E-state index contributed by atoms with van der Waals surface area (Å²) in [7, 11) is 0. The van der Waals surface area contributed by atoms with Crippen LogP contribution in [0, 0.1) is 0 Å². The fourth-order valence-corrected chi connectivity index (χ4v) is 4.08. The summed E-state index contributed by atoms with van der Waals surface area (Å²) in [6.45, 7) is 0.343. The molecule has 3 aromatic rings. The molecule has 1 aromatic carbocycles. The van der Waals surface area contributed by atoms with Gasteiger partial charge in [0.15, 0.2) is 4.96 Å². The fraction of sp³-hybridized carbons (Fsp3) is 0.188. The molecule has 0 fully saturated rings. The van der Waals surface area contributed by atoms with Crippen LogP contribution >= 0.6 is 46.3 Å². The normalized spacial score (nSPS) is 11.0. The zero-order valence-electron chi connectivity index (χ0n) is 12.9. The Morgan fingerprint density at radius 3 is 2.96 bits per heavy atom. The molecule has 0 saturated carbocycles. The molecule has 0 radical (unpaired) electrons. The Morgan fingerprint density at radius 2 is 2.16 bits per heavy atom. The van der Waals surface area contributed by atoms with E-state index in [9.17, 15) is 9.59 Å². The van der Waals surface area contributed by atoms with Crippen molar-refractivity contribution in [2.45, 2.75) is 12.3 Å². The molecule has 2 aromatic heterocycles. The highest BCUT2D eigenvalue weighted by Crippen LogP contribution is 2.20. The van der Waals surface area contributed by atoms with Crippen LogP contribution in [-0.4, -0.2) is 21.0 Å². The van der Waals surface area contributed by atoms with E-state index in [0.29, 0.717) is 33.0 Å². The molecule has 0 aliphatic heterocycles. The molecular formula is C16H13Cl2N3O2S2. The van der Waals surface area contributed by atoms with E-state index in [1.54, 1.807) is 24.4 Å². The van der Waals surface area contributed by atoms with Crippen molar-refractivity contribution in [1.29, 1.82) is 0 Å². The Balaban J connectivity index is 1.49. The predicted molar refractivity (Wildman–Crippen MR) is 104 cm³/mol. The first-order chi connectivity index (χ1) is 12.0. The lowest BCUT2D eigenvalue weighted by molar-refractivity contribution is -0.118. The molecule has 3 rings (SSSR count). The number of thiazole rings is 1. The minimum atomic E-state index is -0.108. The highest BCUT2D eigenvalue weighted by atomic mass is 35.5. The molecule has 0 atom stereocenters. The van der Waals surface area contributed by atoms with Crippen molar-refractivity contribution in [1.82, 2.24) is 14.7 Å². The van der Waals surface area contributed by atoms with E-state index < -0.39 is 0 Å². The second kappa shape index (κ2) is 8.23. The number of fused-ring (bicyclic) bond motifs is 1. The minimum absolute atomic E-state index is 0.107. The quantitative estimate of drug-likeness (QED) is 0.670. The predicted octanol–water partition coefficient (Wildman–Crippen LogP) is 3.61. The zero-order chi connectivity index (χ0) is 17.8. The van der Waals surface area contributed by atoms with Crippen molar-refractivity contribution < 1.29 is 4.79 Å². The van der Waals surface area contributed by atoms with Crippen molar-refractivity contribution >= 4 is 57.2 Å². The van der Waals surface area contributed by atoms with Crippen LogP contribution in [0.2, 0.25) is 10.0 Å². The number of rotatable bonds is 6. The average Bonchev–Trinajstić information content (AvgIpc) is 3.03. The number of carbonyl (C=O) groups excluding carboxylic acids is 1. The molecule has 1 amide bonds. The van der Waals surface area contributed by atoms with Gasteiger partial charge in [0.05, 0.1) is 11.4 Å². The maximum Gasteiger partial charge on any atom is 0.258 e. The Kier molecular flexibility index (Phi) is 6.01. The second-order valence-electron chi connectivity index (χ2n) is 5.15. The lowest BCUT2D eigenvalue weighted by Gasteiger charge is -2.07. The Morgan fingerprint density at radius 1 is 1.32 bits per heavy atom. The third-order valence-corrected chi connectivity index (χ3v) is 5.64. The maximum absolute atomic E-state index is 11.9. The van der Waals surface area contributed by atoms with Crippen LogP contribution in [0.5, 0.6) is 0 Å². The number of carbonyl (C=O) groups is 1. The summed E-state index contributed by atoms with van der Waals surface area (Å²) in [5, 5.41) is 5.71. The third-order valence-electron chi connectivity index (χ3n) is 3.33. The van der Waals surface area contributed by atoms with Gasteiger partial charge in [-0.1, -0.05) is 29.3 Å². The number of thioether (sulfide) groups is 1. The van der Waals surface area contributed by atoms with Crippen LogP contribution < -0.4 is 10.9 Å². The molecule has 1 N–H and O–H groups in total. The van der Waals surface area contributed by atoms with Crippen LogP contribution in [0.15, 0.2) is 40.6 Å². The van der Waals surface area contributed by atoms with Crippen molar-refractivity contribution in [2.75, 3.05) is 5.75 Å². The van der Waals surface area contributed by atoms with Crippen molar-refractivity contribution in [2.24, 2.45) is 0 Å². The number of hydrogen-bond acceptors (Lipinski definition) is 5. The van der Waals surface area contributed by atoms with Crippen LogP contribution in [0.1, 0.15) is 11.3 Å². The number of halogens is 2. The Bertz CT molecular complexity index is 971. The van der Waals surface area contributed by atoms with Gasteiger partial charge >= 0.3 is 0 Å². The van der Waals surface area contributed by atoms with Gasteiger partial charge in [0.25, 0.3) is 5.56 Å². The van der Waals surface area contributed by atoms with E-state index >= 15 is 0 Å². The maximum atomic E-state index is 11.9. The summed E-state index contributed by atoms with van der Waals surface area (Å²) in [5.41, 5.74) is 1.37. The highest BCUT2D eigenvalue weighted by molar-refractivity contribution is 7.99. The van der Waals surface area contributed by atoms with Crippen LogP contribution in [0.4, 0.5) is 0 Å². The first-order valence-corrected chi connectivity index (χ1v) is 10.1. The Labute approximate surface area is 162 Å². The standard InChI is InChI=1S/C16H13Cl2N3O2S2/c17-11-2-1-10(13(18)5-11)7-19-14(22)9-24-8-12-6-15(23)21-3-4-25-16(21)20-12/h1-6H,7-9H2,(H,19,22). The van der Waals surface area contributed by atoms with E-state index in [0.717, 1.165) is 5.56 Å². The molecular weight excluding hydrogens is 401 g/mol. The van der Waals surface area contributed by atoms with Crippen LogP contribution in [-0.2, 0) is 17.1 Å². The van der Waals surface area contributed by atoms with Gasteiger partial charge in [-0.2, -0.15) is 0 Å². The SMILES string of the molecule is O=C(CSCc1cc(=O)n2ccsc2n1)NCc1ccc(Cl)cc1Cl. The fourth-order valence-electron chi connectivity index (χ4n) is 2.12. The summed E-state index contributed by atoms with van der Waals surface area (Å²) in [6, 6.07) is 6.66. The van der Waals surface area contributed by atoms with Gasteiger partial charge in [-0.3, -0.25) is 14.0 Å². The monoisotopic (exact) mass is 413 g/mol. The number of hydrogen-bond donors (Lipinski definition) is 1. The average molecular weight is 414 g/mol. The number of nitrogens with zero attached hydrogens (tertiary/aromatic N) is 2. The lowest BCUT2D eigenvalue weighted by Crippen LogP contribution is -2.24. The molecule has 0 spiro atoms. The third kappa shape index (κ3) is 4.76. The number of aromatic nitrogens is 2. The molecule has 9 heteroatoms. The lowest BCUT2D eigenvalue weighted by atomic mass is 10.2. The first-order valence-electron chi connectivity index (χ1n) is 7.27. The van der Waals surface area contributed by atoms with Gasteiger partial charge in [0.1, 0.15) is 0 Å². The molecule has 0 aliphatic rings. The summed E-state index contributed by atoms with van der Waals surface area (Å²) >= 11 is 14.7. The molecule has 2 heterocycles. The van der Waals surface area contributed by atoms with Gasteiger partial charge in [0, 0.05) is 40.0 Å². The van der Waals surface area contributed by atoms with Gasteiger partial charge < -0.3 is 5.32 Å². The minimum Gasteiger partial charge on any atom is -0.351 e. The molecule has 0 saturated heterocycles. The van der Waals surface area contributed by atoms with Gasteiger partial charge in [-0.25, -0.2) is 4.98 Å². The van der Waals surface area contributed by atoms with Crippen LogP contribution in [0.25, 0.3) is 4.96 Å². The van der Waals surface area contributed by atoms with Crippen LogP contribution in [0.3, 0.4) is 0 Å². The van der Waals surface area contributed by atoms with E-state index in [2.05, 4.69) is 10.3 Å². The van der Waals surface area contributed by atoms with E-state index in [1.165, 1.54) is 33.6 Å². The zero-order valence-corrected chi connectivity index (χ0v) is 16.0. The molecule has 5 nitrogen and oxygen atoms in total.